The zero-order valence-electron chi connectivity index (χ0n) is 21.7. The van der Waals surface area contributed by atoms with Crippen LogP contribution in [0.3, 0.4) is 0 Å². The van der Waals surface area contributed by atoms with Gasteiger partial charge in [-0.3, -0.25) is 0 Å². The molecule has 3 aliphatic carbocycles. The van der Waals surface area contributed by atoms with Crippen molar-refractivity contribution in [3.05, 3.63) is 42.0 Å². The van der Waals surface area contributed by atoms with Crippen LogP contribution in [0.4, 0.5) is 22.0 Å². The van der Waals surface area contributed by atoms with E-state index in [2.05, 4.69) is 30.9 Å². The number of hydrogen-bond acceptors (Lipinski definition) is 1. The molecule has 3 fully saturated rings. The molecule has 6 heteroatoms. The van der Waals surface area contributed by atoms with E-state index in [-0.39, 0.29) is 11.7 Å². The van der Waals surface area contributed by atoms with Crippen molar-refractivity contribution in [2.75, 3.05) is 0 Å². The van der Waals surface area contributed by atoms with Gasteiger partial charge in [0.1, 0.15) is 5.75 Å². The van der Waals surface area contributed by atoms with Crippen LogP contribution in [0.5, 0.6) is 5.75 Å². The smallest absolute Gasteiger partial charge is 0.416 e. The van der Waals surface area contributed by atoms with Gasteiger partial charge in [-0.25, -0.2) is 0 Å². The van der Waals surface area contributed by atoms with Crippen molar-refractivity contribution in [1.29, 1.82) is 0 Å². The zero-order valence-corrected chi connectivity index (χ0v) is 21.7. The van der Waals surface area contributed by atoms with Gasteiger partial charge in [0.05, 0.1) is 11.5 Å². The van der Waals surface area contributed by atoms with Crippen molar-refractivity contribution in [2.45, 2.75) is 96.3 Å². The molecule has 0 amide bonds. The summed E-state index contributed by atoms with van der Waals surface area (Å²) in [7, 11) is 0. The van der Waals surface area contributed by atoms with Crippen LogP contribution in [0, 0.1) is 47.3 Å². The number of hydrogen-bond donors (Lipinski definition) is 0. The largest absolute Gasteiger partial charge is 0.432 e. The SMILES string of the molecule is CC1CCC(/C=C/C2CCC(C#CC3CCC(C(F)(F)Oc4ccc(C(F)(F)F)cc4)CC3)CC2)CC1. The summed E-state index contributed by atoms with van der Waals surface area (Å²) in [6.07, 6.45) is 8.72. The number of ether oxygens (including phenoxy) is 1. The van der Waals surface area contributed by atoms with E-state index >= 15 is 0 Å². The van der Waals surface area contributed by atoms with E-state index in [1.807, 2.05) is 0 Å². The number of allylic oxidation sites excluding steroid dienone is 2. The Bertz CT molecular complexity index is 931. The fourth-order valence-corrected chi connectivity index (χ4v) is 6.01. The Balaban J connectivity index is 1.18. The van der Waals surface area contributed by atoms with Crippen LogP contribution in [0.1, 0.15) is 89.5 Å². The lowest BCUT2D eigenvalue weighted by Crippen LogP contribution is -2.37. The zero-order chi connectivity index (χ0) is 26.5. The predicted molar refractivity (Wildman–Crippen MR) is 136 cm³/mol. The molecule has 1 aromatic carbocycles. The Morgan fingerprint density at radius 1 is 0.676 bits per heavy atom. The summed E-state index contributed by atoms with van der Waals surface area (Å²) < 4.78 is 72.3. The first-order valence-corrected chi connectivity index (χ1v) is 14.0. The number of benzene rings is 1. The molecule has 3 saturated carbocycles. The summed E-state index contributed by atoms with van der Waals surface area (Å²) in [4.78, 5) is 0. The van der Waals surface area contributed by atoms with Gasteiger partial charge in [-0.05, 0) is 106 Å². The third-order valence-electron chi connectivity index (χ3n) is 8.62. The van der Waals surface area contributed by atoms with Crippen LogP contribution >= 0.6 is 0 Å². The van der Waals surface area contributed by atoms with Gasteiger partial charge < -0.3 is 4.74 Å². The van der Waals surface area contributed by atoms with E-state index < -0.39 is 23.8 Å². The highest BCUT2D eigenvalue weighted by Crippen LogP contribution is 2.41. The summed E-state index contributed by atoms with van der Waals surface area (Å²) in [5.41, 5.74) is -0.888. The van der Waals surface area contributed by atoms with Crippen LogP contribution in [-0.2, 0) is 6.18 Å². The first-order valence-electron chi connectivity index (χ1n) is 14.0. The lowest BCUT2D eigenvalue weighted by Gasteiger charge is -2.32. The van der Waals surface area contributed by atoms with Crippen LogP contribution in [0.15, 0.2) is 36.4 Å². The molecule has 1 nitrogen and oxygen atoms in total. The summed E-state index contributed by atoms with van der Waals surface area (Å²) >= 11 is 0. The highest BCUT2D eigenvalue weighted by atomic mass is 19.4. The maximum atomic E-state index is 14.7. The average Bonchev–Trinajstić information content (AvgIpc) is 2.87. The normalized spacial score (nSPS) is 31.5. The minimum atomic E-state index is -4.51. The summed E-state index contributed by atoms with van der Waals surface area (Å²) in [5.74, 6) is 8.46. The molecule has 0 aromatic heterocycles. The molecule has 0 aliphatic heterocycles. The standard InChI is InChI=1S/C31H39F5O/c1-22-2-4-23(5-3-22)6-7-24-8-10-25(11-9-24)12-13-26-14-16-28(17-15-26)31(35,36)37-29-20-18-27(19-21-29)30(32,33)34/h6-7,18-26,28H,2-5,8-11,14-17H2,1H3/b7-6+. The van der Waals surface area contributed by atoms with Gasteiger partial charge in [0.25, 0.3) is 0 Å². The minimum Gasteiger partial charge on any atom is -0.432 e. The van der Waals surface area contributed by atoms with Crippen molar-refractivity contribution in [2.24, 2.45) is 35.5 Å². The van der Waals surface area contributed by atoms with E-state index in [0.29, 0.717) is 37.5 Å². The second-order valence-electron chi connectivity index (χ2n) is 11.5. The highest BCUT2D eigenvalue weighted by Gasteiger charge is 2.44. The molecular formula is C31H39F5O. The monoisotopic (exact) mass is 522 g/mol. The average molecular weight is 523 g/mol. The quantitative estimate of drug-likeness (QED) is 0.212. The van der Waals surface area contributed by atoms with Crippen LogP contribution in [-0.4, -0.2) is 6.11 Å². The number of rotatable bonds is 5. The Morgan fingerprint density at radius 3 is 1.62 bits per heavy atom. The van der Waals surface area contributed by atoms with E-state index in [4.69, 9.17) is 4.74 Å². The molecule has 204 valence electrons. The van der Waals surface area contributed by atoms with Crippen LogP contribution < -0.4 is 4.74 Å². The molecule has 37 heavy (non-hydrogen) atoms. The second-order valence-corrected chi connectivity index (χ2v) is 11.5. The molecular weight excluding hydrogens is 483 g/mol. The molecule has 0 unspecified atom stereocenters. The highest BCUT2D eigenvalue weighted by molar-refractivity contribution is 5.29. The van der Waals surface area contributed by atoms with Gasteiger partial charge in [0, 0.05) is 11.8 Å². The van der Waals surface area contributed by atoms with Crippen molar-refractivity contribution in [3.63, 3.8) is 0 Å². The molecule has 0 radical (unpaired) electrons. The minimum absolute atomic E-state index is 0.129. The van der Waals surface area contributed by atoms with Gasteiger partial charge in [-0.15, -0.1) is 0 Å². The predicted octanol–water partition coefficient (Wildman–Crippen LogP) is 9.68. The van der Waals surface area contributed by atoms with Gasteiger partial charge in [0.2, 0.25) is 0 Å². The van der Waals surface area contributed by atoms with Gasteiger partial charge in [-0.2, -0.15) is 22.0 Å². The lowest BCUT2D eigenvalue weighted by atomic mass is 9.79. The fraction of sp³-hybridized carbons (Fsp3) is 0.677. The third kappa shape index (κ3) is 8.23. The third-order valence-corrected chi connectivity index (χ3v) is 8.62. The van der Waals surface area contributed by atoms with Crippen molar-refractivity contribution < 1.29 is 26.7 Å². The Hall–Kier alpha value is -2.03. The Kier molecular flexibility index (Phi) is 9.24. The topological polar surface area (TPSA) is 9.23 Å². The maximum absolute atomic E-state index is 14.7. The molecule has 0 saturated heterocycles. The van der Waals surface area contributed by atoms with Crippen molar-refractivity contribution in [3.8, 4) is 17.6 Å². The number of halogens is 5. The molecule has 0 bridgehead atoms. The molecule has 3 aliphatic rings. The first-order chi connectivity index (χ1) is 17.6. The molecule has 0 atom stereocenters. The van der Waals surface area contributed by atoms with E-state index in [1.165, 1.54) is 38.5 Å². The van der Waals surface area contributed by atoms with Crippen LogP contribution in [0.25, 0.3) is 0 Å². The summed E-state index contributed by atoms with van der Waals surface area (Å²) in [6, 6.07) is 3.43. The molecule has 0 spiro atoms. The van der Waals surface area contributed by atoms with Crippen molar-refractivity contribution >= 4 is 0 Å². The summed E-state index contributed by atoms with van der Waals surface area (Å²) in [6.45, 7) is 2.35. The molecule has 1 aromatic rings. The first kappa shape index (κ1) is 28.0. The maximum Gasteiger partial charge on any atom is 0.416 e. The molecule has 4 rings (SSSR count). The van der Waals surface area contributed by atoms with E-state index in [0.717, 1.165) is 48.9 Å². The second kappa shape index (κ2) is 12.2. The van der Waals surface area contributed by atoms with Crippen molar-refractivity contribution in [1.82, 2.24) is 0 Å². The lowest BCUT2D eigenvalue weighted by molar-refractivity contribution is -0.222. The van der Waals surface area contributed by atoms with E-state index in [1.54, 1.807) is 0 Å². The van der Waals surface area contributed by atoms with Gasteiger partial charge >= 0.3 is 12.3 Å². The Labute approximate surface area is 218 Å². The fourth-order valence-electron chi connectivity index (χ4n) is 6.01. The summed E-state index contributed by atoms with van der Waals surface area (Å²) in [5, 5.41) is 0. The van der Waals surface area contributed by atoms with Gasteiger partial charge in [0.15, 0.2) is 0 Å². The number of alkyl halides is 5. The molecule has 0 heterocycles. The molecule has 0 N–H and O–H groups in total. The van der Waals surface area contributed by atoms with E-state index in [9.17, 15) is 22.0 Å². The van der Waals surface area contributed by atoms with Crippen LogP contribution in [0.2, 0.25) is 0 Å². The Morgan fingerprint density at radius 2 is 1.14 bits per heavy atom. The van der Waals surface area contributed by atoms with Gasteiger partial charge in [-0.1, -0.05) is 43.8 Å².